The lowest BCUT2D eigenvalue weighted by Crippen LogP contribution is -2.39. The summed E-state index contributed by atoms with van der Waals surface area (Å²) in [5, 5.41) is 6.23. The predicted molar refractivity (Wildman–Crippen MR) is 70.4 cm³/mol. The summed E-state index contributed by atoms with van der Waals surface area (Å²) in [5.74, 6) is 1.17. The van der Waals surface area contributed by atoms with Gasteiger partial charge < -0.3 is 19.5 Å². The van der Waals surface area contributed by atoms with Gasteiger partial charge in [0.15, 0.2) is 5.82 Å². The molecule has 3 amide bonds. The highest BCUT2D eigenvalue weighted by Crippen LogP contribution is 2.27. The van der Waals surface area contributed by atoms with E-state index in [-0.39, 0.29) is 18.5 Å². The first-order valence-corrected chi connectivity index (χ1v) is 6.33. The van der Waals surface area contributed by atoms with Gasteiger partial charge in [0.1, 0.15) is 5.76 Å². The molecule has 8 heteroatoms. The normalized spacial score (nSPS) is 18.9. The Morgan fingerprint density at radius 3 is 2.85 bits per heavy atom. The molecule has 1 fully saturated rings. The van der Waals surface area contributed by atoms with E-state index in [0.717, 1.165) is 0 Å². The van der Waals surface area contributed by atoms with Crippen molar-refractivity contribution >= 4 is 17.9 Å². The van der Waals surface area contributed by atoms with Crippen molar-refractivity contribution in [2.24, 2.45) is 0 Å². The number of likely N-dealkylation sites (N-methyl/N-ethyl adjacent to an activating group) is 1. The van der Waals surface area contributed by atoms with Gasteiger partial charge >= 0.3 is 12.1 Å². The number of aromatic nitrogens is 1. The van der Waals surface area contributed by atoms with Crippen molar-refractivity contribution in [1.82, 2.24) is 15.4 Å². The maximum atomic E-state index is 12.1. The van der Waals surface area contributed by atoms with Crippen LogP contribution in [-0.4, -0.2) is 49.0 Å². The van der Waals surface area contributed by atoms with Crippen LogP contribution in [-0.2, 0) is 4.74 Å². The Kier molecular flexibility index (Phi) is 3.82. The van der Waals surface area contributed by atoms with Crippen LogP contribution >= 0.6 is 0 Å². The summed E-state index contributed by atoms with van der Waals surface area (Å²) in [6.45, 7) is 4.19. The summed E-state index contributed by atoms with van der Waals surface area (Å²) in [6.07, 6.45) is -1.33. The number of rotatable bonds is 3. The Morgan fingerprint density at radius 1 is 1.60 bits per heavy atom. The van der Waals surface area contributed by atoms with E-state index in [1.807, 2.05) is 13.8 Å². The molecule has 20 heavy (non-hydrogen) atoms. The van der Waals surface area contributed by atoms with Crippen LogP contribution in [0.2, 0.25) is 0 Å². The third kappa shape index (κ3) is 2.54. The van der Waals surface area contributed by atoms with Gasteiger partial charge in [-0.1, -0.05) is 19.0 Å². The van der Waals surface area contributed by atoms with Gasteiger partial charge in [-0.25, -0.2) is 14.5 Å². The highest BCUT2D eigenvalue weighted by atomic mass is 16.6. The topological polar surface area (TPSA) is 87.9 Å². The zero-order valence-corrected chi connectivity index (χ0v) is 11.9. The summed E-state index contributed by atoms with van der Waals surface area (Å²) in [7, 11) is 3.09. The standard InChI is InChI=1S/C12H18N4O4/c1-7(2)8-5-9(14-20-8)16-10(19-11(17)13-3)6-15(4)12(16)18/h5,7,10H,6H2,1-4H3,(H,13,17). The van der Waals surface area contributed by atoms with Gasteiger partial charge in [0, 0.05) is 26.1 Å². The second kappa shape index (κ2) is 5.40. The first kappa shape index (κ1) is 14.2. The minimum absolute atomic E-state index is 0.157. The molecule has 0 aromatic carbocycles. The largest absolute Gasteiger partial charge is 0.423 e. The summed E-state index contributed by atoms with van der Waals surface area (Å²) in [5.41, 5.74) is 0. The number of nitrogens with zero attached hydrogens (tertiary/aromatic N) is 3. The van der Waals surface area contributed by atoms with Gasteiger partial charge in [0.05, 0.1) is 6.54 Å². The number of carbonyl (C=O) groups excluding carboxylic acids is 2. The Labute approximate surface area is 116 Å². The van der Waals surface area contributed by atoms with Gasteiger partial charge in [-0.2, -0.15) is 0 Å². The molecule has 1 N–H and O–H groups in total. The number of alkyl carbamates (subject to hydrolysis) is 1. The van der Waals surface area contributed by atoms with Gasteiger partial charge in [-0.05, 0) is 0 Å². The average molecular weight is 282 g/mol. The van der Waals surface area contributed by atoms with Gasteiger partial charge in [0.2, 0.25) is 6.23 Å². The number of amides is 3. The van der Waals surface area contributed by atoms with E-state index in [9.17, 15) is 9.59 Å². The molecule has 0 radical (unpaired) electrons. The van der Waals surface area contributed by atoms with Gasteiger partial charge in [0.25, 0.3) is 0 Å². The van der Waals surface area contributed by atoms with E-state index in [0.29, 0.717) is 11.6 Å². The average Bonchev–Trinajstić information content (AvgIpc) is 2.96. The number of ether oxygens (including phenoxy) is 1. The Bertz CT molecular complexity index is 513. The third-order valence-electron chi connectivity index (χ3n) is 3.03. The van der Waals surface area contributed by atoms with E-state index >= 15 is 0 Å². The molecule has 8 nitrogen and oxygen atoms in total. The van der Waals surface area contributed by atoms with Crippen LogP contribution in [0.5, 0.6) is 0 Å². The van der Waals surface area contributed by atoms with Crippen molar-refractivity contribution < 1.29 is 18.8 Å². The fourth-order valence-electron chi connectivity index (χ4n) is 1.88. The van der Waals surface area contributed by atoms with Crippen molar-refractivity contribution in [2.45, 2.75) is 26.0 Å². The van der Waals surface area contributed by atoms with Crippen molar-refractivity contribution in [3.63, 3.8) is 0 Å². The molecule has 1 aromatic heterocycles. The summed E-state index contributed by atoms with van der Waals surface area (Å²) in [6, 6.07) is 1.39. The van der Waals surface area contributed by atoms with Crippen LogP contribution in [0, 0.1) is 0 Å². The van der Waals surface area contributed by atoms with Gasteiger partial charge in [-0.15, -0.1) is 0 Å². The lowest BCUT2D eigenvalue weighted by Gasteiger charge is -2.19. The summed E-state index contributed by atoms with van der Waals surface area (Å²) in [4.78, 5) is 26.2. The molecule has 1 unspecified atom stereocenters. The maximum absolute atomic E-state index is 12.1. The lowest BCUT2D eigenvalue weighted by atomic mass is 10.1. The molecular weight excluding hydrogens is 264 g/mol. The van der Waals surface area contributed by atoms with Crippen LogP contribution in [0.1, 0.15) is 25.5 Å². The number of urea groups is 1. The molecule has 2 heterocycles. The Hall–Kier alpha value is -2.25. The zero-order valence-electron chi connectivity index (χ0n) is 11.9. The number of carbonyl (C=O) groups is 2. The molecule has 0 spiro atoms. The minimum Gasteiger partial charge on any atom is -0.423 e. The third-order valence-corrected chi connectivity index (χ3v) is 3.03. The molecule has 1 saturated heterocycles. The minimum atomic E-state index is -0.724. The molecule has 0 bridgehead atoms. The number of hydrogen-bond acceptors (Lipinski definition) is 5. The molecule has 110 valence electrons. The van der Waals surface area contributed by atoms with Crippen molar-refractivity contribution in [2.75, 3.05) is 25.5 Å². The van der Waals surface area contributed by atoms with Gasteiger partial charge in [-0.3, -0.25) is 0 Å². The molecule has 2 rings (SSSR count). The highest BCUT2D eigenvalue weighted by Gasteiger charge is 2.40. The summed E-state index contributed by atoms with van der Waals surface area (Å²) < 4.78 is 10.4. The number of nitrogens with one attached hydrogen (secondary N) is 1. The molecule has 1 atom stereocenters. The van der Waals surface area contributed by atoms with Crippen molar-refractivity contribution in [3.05, 3.63) is 11.8 Å². The Balaban J connectivity index is 2.24. The molecule has 0 aliphatic carbocycles. The first-order valence-electron chi connectivity index (χ1n) is 6.33. The van der Waals surface area contributed by atoms with Crippen molar-refractivity contribution in [3.8, 4) is 0 Å². The molecule has 1 aliphatic heterocycles. The quantitative estimate of drug-likeness (QED) is 0.904. The van der Waals surface area contributed by atoms with E-state index in [1.54, 1.807) is 13.1 Å². The van der Waals surface area contributed by atoms with Crippen LogP contribution in [0.15, 0.2) is 10.6 Å². The lowest BCUT2D eigenvalue weighted by molar-refractivity contribution is 0.104. The SMILES string of the molecule is CNC(=O)OC1CN(C)C(=O)N1c1cc(C(C)C)on1. The molecular formula is C12H18N4O4. The first-order chi connectivity index (χ1) is 9.43. The zero-order chi connectivity index (χ0) is 14.9. The second-order valence-electron chi connectivity index (χ2n) is 4.89. The van der Waals surface area contributed by atoms with E-state index in [2.05, 4.69) is 10.5 Å². The number of hydrogen-bond donors (Lipinski definition) is 1. The monoisotopic (exact) mass is 282 g/mol. The maximum Gasteiger partial charge on any atom is 0.408 e. The van der Waals surface area contributed by atoms with Crippen LogP contribution < -0.4 is 10.2 Å². The van der Waals surface area contributed by atoms with E-state index in [1.165, 1.54) is 16.8 Å². The van der Waals surface area contributed by atoms with Crippen LogP contribution in [0.4, 0.5) is 15.4 Å². The van der Waals surface area contributed by atoms with E-state index < -0.39 is 12.3 Å². The highest BCUT2D eigenvalue weighted by molar-refractivity contribution is 5.93. The second-order valence-corrected chi connectivity index (χ2v) is 4.89. The number of anilines is 1. The van der Waals surface area contributed by atoms with E-state index in [4.69, 9.17) is 9.26 Å². The molecule has 0 saturated carbocycles. The molecule has 1 aromatic rings. The van der Waals surface area contributed by atoms with Crippen LogP contribution in [0.25, 0.3) is 0 Å². The van der Waals surface area contributed by atoms with Crippen molar-refractivity contribution in [1.29, 1.82) is 0 Å². The predicted octanol–water partition coefficient (Wildman–Crippen LogP) is 1.35. The Morgan fingerprint density at radius 2 is 2.30 bits per heavy atom. The van der Waals surface area contributed by atoms with Crippen LogP contribution in [0.3, 0.4) is 0 Å². The smallest absolute Gasteiger partial charge is 0.408 e. The molecule has 1 aliphatic rings. The fourth-order valence-corrected chi connectivity index (χ4v) is 1.88. The fraction of sp³-hybridized carbons (Fsp3) is 0.583. The summed E-state index contributed by atoms with van der Waals surface area (Å²) >= 11 is 0.